The van der Waals surface area contributed by atoms with Crippen molar-refractivity contribution in [2.24, 2.45) is 0 Å². The molecule has 0 aliphatic carbocycles. The average molecular weight is 348 g/mol. The summed E-state index contributed by atoms with van der Waals surface area (Å²) in [5.74, 6) is -0.137. The topological polar surface area (TPSA) is 64.0 Å². The van der Waals surface area contributed by atoms with E-state index in [2.05, 4.69) is 10.3 Å². The number of nitrogens with one attached hydrogen (secondary N) is 1. The van der Waals surface area contributed by atoms with Crippen LogP contribution in [0.25, 0.3) is 10.2 Å². The monoisotopic (exact) mass is 347 g/mol. The van der Waals surface area contributed by atoms with Gasteiger partial charge in [0.2, 0.25) is 5.91 Å². The van der Waals surface area contributed by atoms with E-state index in [0.717, 1.165) is 10.4 Å². The van der Waals surface area contributed by atoms with Gasteiger partial charge >= 0.3 is 0 Å². The van der Waals surface area contributed by atoms with Crippen molar-refractivity contribution in [2.75, 3.05) is 0 Å². The minimum Gasteiger partial charge on any atom is -0.352 e. The van der Waals surface area contributed by atoms with Gasteiger partial charge in [-0.15, -0.1) is 11.3 Å². The van der Waals surface area contributed by atoms with Crippen LogP contribution in [0.5, 0.6) is 0 Å². The molecule has 5 nitrogen and oxygen atoms in total. The predicted octanol–water partition coefficient (Wildman–Crippen LogP) is 2.82. The van der Waals surface area contributed by atoms with Crippen molar-refractivity contribution < 1.29 is 4.79 Å². The van der Waals surface area contributed by atoms with Gasteiger partial charge in [-0.3, -0.25) is 14.2 Å². The predicted molar refractivity (Wildman–Crippen MR) is 91.8 cm³/mol. The molecule has 0 unspecified atom stereocenters. The van der Waals surface area contributed by atoms with Crippen molar-refractivity contribution in [1.82, 2.24) is 14.9 Å². The molecule has 0 bridgehead atoms. The molecule has 0 atom stereocenters. The van der Waals surface area contributed by atoms with Gasteiger partial charge in [0.15, 0.2) is 0 Å². The highest BCUT2D eigenvalue weighted by Crippen LogP contribution is 2.14. The first-order chi connectivity index (χ1) is 11.1. The minimum atomic E-state index is -0.137. The molecular formula is C16H14ClN3O2S. The van der Waals surface area contributed by atoms with E-state index in [4.69, 9.17) is 11.6 Å². The quantitative estimate of drug-likeness (QED) is 0.772. The Morgan fingerprint density at radius 2 is 2.13 bits per heavy atom. The Kier molecular flexibility index (Phi) is 4.73. The number of carbonyl (C=O) groups is 1. The zero-order valence-corrected chi connectivity index (χ0v) is 13.7. The molecule has 0 saturated heterocycles. The molecule has 0 saturated carbocycles. The number of amides is 1. The average Bonchev–Trinajstić information content (AvgIpc) is 3.03. The van der Waals surface area contributed by atoms with Gasteiger partial charge < -0.3 is 5.32 Å². The summed E-state index contributed by atoms with van der Waals surface area (Å²) >= 11 is 7.47. The number of thiophene rings is 1. The highest BCUT2D eigenvalue weighted by atomic mass is 35.5. The molecule has 1 N–H and O–H groups in total. The zero-order chi connectivity index (χ0) is 16.2. The first-order valence-electron chi connectivity index (χ1n) is 7.08. The summed E-state index contributed by atoms with van der Waals surface area (Å²) < 4.78 is 1.46. The van der Waals surface area contributed by atoms with Crippen LogP contribution in [0.2, 0.25) is 5.02 Å². The van der Waals surface area contributed by atoms with Crippen molar-refractivity contribution in [1.29, 1.82) is 0 Å². The van der Waals surface area contributed by atoms with E-state index in [0.29, 0.717) is 23.5 Å². The largest absolute Gasteiger partial charge is 0.352 e. The molecule has 118 valence electrons. The Hall–Kier alpha value is -2.18. The third-order valence-electron chi connectivity index (χ3n) is 3.46. The number of aryl methyl sites for hydroxylation is 1. The molecule has 2 aromatic heterocycles. The van der Waals surface area contributed by atoms with Crippen LogP contribution in [-0.4, -0.2) is 15.5 Å². The number of rotatable bonds is 5. The first-order valence-corrected chi connectivity index (χ1v) is 8.33. The second kappa shape index (κ2) is 6.93. The molecule has 3 rings (SSSR count). The SMILES string of the molecule is O=C(CCn1cnc2sccc2c1=O)NCc1ccccc1Cl. The Bertz CT molecular complexity index is 903. The first kappa shape index (κ1) is 15.7. The molecule has 7 heteroatoms. The molecule has 1 amide bonds. The lowest BCUT2D eigenvalue weighted by atomic mass is 10.2. The summed E-state index contributed by atoms with van der Waals surface area (Å²) in [6, 6.07) is 9.11. The molecule has 23 heavy (non-hydrogen) atoms. The number of hydrogen-bond donors (Lipinski definition) is 1. The molecular weight excluding hydrogens is 334 g/mol. The van der Waals surface area contributed by atoms with E-state index in [-0.39, 0.29) is 17.9 Å². The smallest absolute Gasteiger partial charge is 0.262 e. The fourth-order valence-corrected chi connectivity index (χ4v) is 3.12. The summed E-state index contributed by atoms with van der Waals surface area (Å²) in [6.45, 7) is 0.668. The van der Waals surface area contributed by atoms with Crippen molar-refractivity contribution in [3.05, 3.63) is 63.0 Å². The fraction of sp³-hybridized carbons (Fsp3) is 0.188. The van der Waals surface area contributed by atoms with Crippen LogP contribution >= 0.6 is 22.9 Å². The Labute approximate surface area is 141 Å². The van der Waals surface area contributed by atoms with E-state index in [1.165, 1.54) is 22.2 Å². The third kappa shape index (κ3) is 3.60. The van der Waals surface area contributed by atoms with Crippen LogP contribution in [0.15, 0.2) is 46.8 Å². The molecule has 0 spiro atoms. The van der Waals surface area contributed by atoms with Gasteiger partial charge in [0.05, 0.1) is 11.7 Å². The van der Waals surface area contributed by atoms with E-state index in [1.807, 2.05) is 23.6 Å². The number of hydrogen-bond acceptors (Lipinski definition) is 4. The minimum absolute atomic E-state index is 0.116. The normalized spacial score (nSPS) is 10.8. The highest BCUT2D eigenvalue weighted by molar-refractivity contribution is 7.16. The fourth-order valence-electron chi connectivity index (χ4n) is 2.20. The van der Waals surface area contributed by atoms with Gasteiger partial charge in [0.1, 0.15) is 4.83 Å². The van der Waals surface area contributed by atoms with Gasteiger partial charge in [-0.25, -0.2) is 4.98 Å². The molecule has 0 radical (unpaired) electrons. The van der Waals surface area contributed by atoms with Crippen LogP contribution in [0.4, 0.5) is 0 Å². The van der Waals surface area contributed by atoms with Crippen molar-refractivity contribution in [3.8, 4) is 0 Å². The molecule has 3 aromatic rings. The summed E-state index contributed by atoms with van der Waals surface area (Å²) in [5, 5.41) is 5.85. The summed E-state index contributed by atoms with van der Waals surface area (Å²) in [6.07, 6.45) is 1.70. The molecule has 0 aliphatic rings. The van der Waals surface area contributed by atoms with E-state index in [1.54, 1.807) is 12.1 Å². The third-order valence-corrected chi connectivity index (χ3v) is 4.65. The van der Waals surface area contributed by atoms with E-state index >= 15 is 0 Å². The van der Waals surface area contributed by atoms with Crippen LogP contribution < -0.4 is 10.9 Å². The van der Waals surface area contributed by atoms with Crippen molar-refractivity contribution in [2.45, 2.75) is 19.5 Å². The van der Waals surface area contributed by atoms with Gasteiger partial charge in [0, 0.05) is 24.5 Å². The van der Waals surface area contributed by atoms with E-state index < -0.39 is 0 Å². The molecule has 0 aliphatic heterocycles. The van der Waals surface area contributed by atoms with Gasteiger partial charge in [-0.2, -0.15) is 0 Å². The standard InChI is InChI=1S/C16H14ClN3O2S/c17-13-4-2-1-3-11(13)9-18-14(21)5-7-20-10-19-15-12(16(20)22)6-8-23-15/h1-4,6,8,10H,5,7,9H2,(H,18,21). The van der Waals surface area contributed by atoms with E-state index in [9.17, 15) is 9.59 Å². The highest BCUT2D eigenvalue weighted by Gasteiger charge is 2.08. The maximum absolute atomic E-state index is 12.2. The molecule has 0 fully saturated rings. The Morgan fingerprint density at radius 3 is 2.96 bits per heavy atom. The lowest BCUT2D eigenvalue weighted by Crippen LogP contribution is -2.27. The van der Waals surface area contributed by atoms with Crippen LogP contribution in [0.1, 0.15) is 12.0 Å². The van der Waals surface area contributed by atoms with Gasteiger partial charge in [0.25, 0.3) is 5.56 Å². The lowest BCUT2D eigenvalue weighted by Gasteiger charge is -2.08. The maximum Gasteiger partial charge on any atom is 0.262 e. The van der Waals surface area contributed by atoms with Crippen LogP contribution in [0.3, 0.4) is 0 Å². The molecule has 1 aromatic carbocycles. The van der Waals surface area contributed by atoms with Gasteiger partial charge in [-0.05, 0) is 23.1 Å². The van der Waals surface area contributed by atoms with Crippen LogP contribution in [0, 0.1) is 0 Å². The number of fused-ring (bicyclic) bond motifs is 1. The maximum atomic E-state index is 12.2. The number of benzene rings is 1. The Balaban J connectivity index is 1.59. The number of nitrogens with zero attached hydrogens (tertiary/aromatic N) is 2. The summed E-state index contributed by atoms with van der Waals surface area (Å²) in [4.78, 5) is 29.1. The lowest BCUT2D eigenvalue weighted by molar-refractivity contribution is -0.121. The summed E-state index contributed by atoms with van der Waals surface area (Å²) in [5.41, 5.74) is 0.746. The zero-order valence-electron chi connectivity index (χ0n) is 12.2. The van der Waals surface area contributed by atoms with Crippen molar-refractivity contribution in [3.63, 3.8) is 0 Å². The second-order valence-electron chi connectivity index (χ2n) is 5.00. The van der Waals surface area contributed by atoms with Crippen molar-refractivity contribution >= 4 is 39.1 Å². The summed E-state index contributed by atoms with van der Waals surface area (Å²) in [7, 11) is 0. The number of aromatic nitrogens is 2. The van der Waals surface area contributed by atoms with Crippen LogP contribution in [-0.2, 0) is 17.9 Å². The number of carbonyl (C=O) groups excluding carboxylic acids is 1. The second-order valence-corrected chi connectivity index (χ2v) is 6.30. The van der Waals surface area contributed by atoms with Gasteiger partial charge in [-0.1, -0.05) is 29.8 Å². The molecule has 2 heterocycles. The number of halogens is 1. The Morgan fingerprint density at radius 1 is 1.30 bits per heavy atom.